The Morgan fingerprint density at radius 3 is 2.08 bits per heavy atom. The molecular weight excluding hydrogens is 379 g/mol. The number of halogens is 2. The van der Waals surface area contributed by atoms with Crippen molar-refractivity contribution in [3.05, 3.63) is 68.7 Å². The third-order valence-electron chi connectivity index (χ3n) is 3.26. The van der Waals surface area contributed by atoms with E-state index in [0.29, 0.717) is 21.4 Å². The van der Waals surface area contributed by atoms with Crippen LogP contribution in [-0.4, -0.2) is 14.9 Å². The van der Waals surface area contributed by atoms with Crippen LogP contribution < -0.4 is 16.4 Å². The van der Waals surface area contributed by atoms with Crippen molar-refractivity contribution in [3.8, 4) is 0 Å². The third-order valence-corrected chi connectivity index (χ3v) is 3.73. The van der Waals surface area contributed by atoms with Crippen LogP contribution >= 0.6 is 23.2 Å². The van der Waals surface area contributed by atoms with Gasteiger partial charge in [-0.1, -0.05) is 35.3 Å². The van der Waals surface area contributed by atoms with E-state index < -0.39 is 10.6 Å². The molecule has 0 aliphatic heterocycles. The van der Waals surface area contributed by atoms with Gasteiger partial charge in [0, 0.05) is 21.4 Å². The number of benzene rings is 2. The van der Waals surface area contributed by atoms with Gasteiger partial charge in [-0.25, -0.2) is 0 Å². The largest absolute Gasteiger partial charge is 0.378 e. The normalized spacial score (nSPS) is 10.4. The molecule has 26 heavy (non-hydrogen) atoms. The smallest absolute Gasteiger partial charge is 0.353 e. The average molecular weight is 391 g/mol. The molecule has 2 aromatic carbocycles. The number of aromatic nitrogens is 2. The van der Waals surface area contributed by atoms with E-state index >= 15 is 0 Å². The highest BCUT2D eigenvalue weighted by atomic mass is 35.5. The quantitative estimate of drug-likeness (QED) is 0.424. The van der Waals surface area contributed by atoms with E-state index in [4.69, 9.17) is 28.9 Å². The Hall–Kier alpha value is -3.10. The van der Waals surface area contributed by atoms with Crippen molar-refractivity contribution in [2.45, 2.75) is 0 Å². The first-order valence-corrected chi connectivity index (χ1v) is 8.05. The zero-order valence-corrected chi connectivity index (χ0v) is 14.6. The molecule has 0 fully saturated rings. The highest BCUT2D eigenvalue weighted by Gasteiger charge is 2.23. The molecule has 0 radical (unpaired) electrons. The third kappa shape index (κ3) is 4.11. The molecule has 8 nitrogen and oxygen atoms in total. The highest BCUT2D eigenvalue weighted by Crippen LogP contribution is 2.32. The first kappa shape index (κ1) is 17.7. The molecule has 3 rings (SSSR count). The lowest BCUT2D eigenvalue weighted by Crippen LogP contribution is -2.08. The van der Waals surface area contributed by atoms with E-state index in [1.54, 1.807) is 48.5 Å². The van der Waals surface area contributed by atoms with E-state index in [1.807, 2.05) is 0 Å². The summed E-state index contributed by atoms with van der Waals surface area (Å²) in [6.45, 7) is 0. The van der Waals surface area contributed by atoms with E-state index in [-0.39, 0.29) is 17.6 Å². The maximum atomic E-state index is 11.4. The molecule has 0 unspecified atom stereocenters. The number of rotatable bonds is 5. The summed E-state index contributed by atoms with van der Waals surface area (Å²) in [6.07, 6.45) is 0. The maximum Gasteiger partial charge on any atom is 0.353 e. The second-order valence-electron chi connectivity index (χ2n) is 5.16. The van der Waals surface area contributed by atoms with Crippen LogP contribution in [0.15, 0.2) is 48.5 Å². The van der Waals surface area contributed by atoms with Gasteiger partial charge >= 0.3 is 5.69 Å². The van der Waals surface area contributed by atoms with Crippen molar-refractivity contribution in [3.63, 3.8) is 0 Å². The Labute approximate surface area is 158 Å². The molecule has 132 valence electrons. The van der Waals surface area contributed by atoms with Gasteiger partial charge < -0.3 is 16.4 Å². The molecule has 0 saturated heterocycles. The fraction of sp³-hybridized carbons (Fsp3) is 0. The molecule has 10 heteroatoms. The minimum Gasteiger partial charge on any atom is -0.378 e. The summed E-state index contributed by atoms with van der Waals surface area (Å²) >= 11 is 11.9. The van der Waals surface area contributed by atoms with E-state index in [9.17, 15) is 10.1 Å². The van der Waals surface area contributed by atoms with Gasteiger partial charge in [-0.2, -0.15) is 9.97 Å². The van der Waals surface area contributed by atoms with Crippen LogP contribution in [0.3, 0.4) is 0 Å². The topological polar surface area (TPSA) is 119 Å². The number of nitro groups is 1. The molecule has 1 aromatic heterocycles. The van der Waals surface area contributed by atoms with E-state index in [1.165, 1.54) is 0 Å². The van der Waals surface area contributed by atoms with Crippen molar-refractivity contribution in [1.29, 1.82) is 0 Å². The van der Waals surface area contributed by atoms with Crippen LogP contribution in [0.2, 0.25) is 10.0 Å². The summed E-state index contributed by atoms with van der Waals surface area (Å²) in [5.41, 5.74) is 6.47. The fourth-order valence-corrected chi connectivity index (χ4v) is 2.57. The lowest BCUT2D eigenvalue weighted by Gasteiger charge is -2.11. The second kappa shape index (κ2) is 7.42. The molecule has 0 aliphatic carbocycles. The predicted molar refractivity (Wildman–Crippen MR) is 103 cm³/mol. The van der Waals surface area contributed by atoms with Crippen molar-refractivity contribution in [1.82, 2.24) is 9.97 Å². The SMILES string of the molecule is Nc1nc(Nc2cccc(Cl)c2)nc(Nc2cccc(Cl)c2)c1[N+](=O)[O-]. The van der Waals surface area contributed by atoms with Crippen LogP contribution in [0.5, 0.6) is 0 Å². The summed E-state index contributed by atoms with van der Waals surface area (Å²) in [7, 11) is 0. The molecule has 4 N–H and O–H groups in total. The zero-order chi connectivity index (χ0) is 18.7. The fourth-order valence-electron chi connectivity index (χ4n) is 2.19. The lowest BCUT2D eigenvalue weighted by molar-refractivity contribution is -0.383. The first-order valence-electron chi connectivity index (χ1n) is 7.29. The molecule has 0 atom stereocenters. The van der Waals surface area contributed by atoms with Crippen molar-refractivity contribution in [2.75, 3.05) is 16.4 Å². The highest BCUT2D eigenvalue weighted by molar-refractivity contribution is 6.31. The number of nitrogens with two attached hydrogens (primary N) is 1. The number of hydrogen-bond donors (Lipinski definition) is 3. The Balaban J connectivity index is 2.00. The predicted octanol–water partition coefficient (Wildman–Crippen LogP) is 4.76. The number of anilines is 5. The summed E-state index contributed by atoms with van der Waals surface area (Å²) in [5, 5.41) is 18.1. The van der Waals surface area contributed by atoms with Crippen molar-refractivity contribution >= 4 is 57.8 Å². The minimum absolute atomic E-state index is 0.0608. The second-order valence-corrected chi connectivity index (χ2v) is 6.03. The summed E-state index contributed by atoms with van der Waals surface area (Å²) in [5.74, 6) is -0.256. The Morgan fingerprint density at radius 2 is 1.54 bits per heavy atom. The monoisotopic (exact) mass is 390 g/mol. The van der Waals surface area contributed by atoms with Gasteiger partial charge in [0.25, 0.3) is 0 Å². The summed E-state index contributed by atoms with van der Waals surface area (Å²) in [4.78, 5) is 18.8. The van der Waals surface area contributed by atoms with Crippen LogP contribution in [0.25, 0.3) is 0 Å². The van der Waals surface area contributed by atoms with Gasteiger partial charge in [-0.3, -0.25) is 10.1 Å². The Kier molecular flexibility index (Phi) is 5.06. The van der Waals surface area contributed by atoms with Gasteiger partial charge in [-0.05, 0) is 36.4 Å². The number of hydrogen-bond acceptors (Lipinski definition) is 7. The Morgan fingerprint density at radius 1 is 0.962 bits per heavy atom. The van der Waals surface area contributed by atoms with Crippen LogP contribution in [0.4, 0.5) is 34.6 Å². The van der Waals surface area contributed by atoms with Gasteiger partial charge in [0.2, 0.25) is 17.6 Å². The molecule has 0 aliphatic rings. The lowest BCUT2D eigenvalue weighted by atomic mass is 10.3. The van der Waals surface area contributed by atoms with Gasteiger partial charge in [-0.15, -0.1) is 0 Å². The first-order chi connectivity index (χ1) is 12.4. The minimum atomic E-state index is -0.647. The van der Waals surface area contributed by atoms with E-state index in [0.717, 1.165) is 0 Å². The average Bonchev–Trinajstić information content (AvgIpc) is 2.54. The molecule has 0 bridgehead atoms. The van der Waals surface area contributed by atoms with Crippen LogP contribution in [0.1, 0.15) is 0 Å². The number of nitrogen functional groups attached to an aromatic ring is 1. The van der Waals surface area contributed by atoms with Crippen LogP contribution in [-0.2, 0) is 0 Å². The summed E-state index contributed by atoms with van der Waals surface area (Å²) < 4.78 is 0. The van der Waals surface area contributed by atoms with Gasteiger partial charge in [0.1, 0.15) is 0 Å². The van der Waals surface area contributed by atoms with Gasteiger partial charge in [0.15, 0.2) is 0 Å². The standard InChI is InChI=1S/C16H12Cl2N6O2/c17-9-3-1-5-11(7-9)20-15-13(24(25)26)14(19)22-16(23-15)21-12-6-2-4-10(18)8-12/h1-8H,(H4,19,20,21,22,23). The molecular formula is C16H12Cl2N6O2. The molecule has 0 spiro atoms. The number of nitrogens with one attached hydrogen (secondary N) is 2. The van der Waals surface area contributed by atoms with Crippen molar-refractivity contribution < 1.29 is 4.92 Å². The zero-order valence-electron chi connectivity index (χ0n) is 13.1. The van der Waals surface area contributed by atoms with Crippen molar-refractivity contribution in [2.24, 2.45) is 0 Å². The number of nitrogens with zero attached hydrogens (tertiary/aromatic N) is 3. The van der Waals surface area contributed by atoms with Gasteiger partial charge in [0.05, 0.1) is 4.92 Å². The molecule has 0 saturated carbocycles. The maximum absolute atomic E-state index is 11.4. The Bertz CT molecular complexity index is 983. The molecule has 0 amide bonds. The summed E-state index contributed by atoms with van der Waals surface area (Å²) in [6, 6.07) is 13.5. The molecule has 1 heterocycles. The molecule has 3 aromatic rings. The van der Waals surface area contributed by atoms with E-state index in [2.05, 4.69) is 20.6 Å². The van der Waals surface area contributed by atoms with Crippen LogP contribution in [0, 0.1) is 10.1 Å².